The van der Waals surface area contributed by atoms with Crippen molar-refractivity contribution in [3.05, 3.63) is 52.2 Å². The molecular weight excluding hydrogens is 290 g/mol. The van der Waals surface area contributed by atoms with Gasteiger partial charge >= 0.3 is 0 Å². The van der Waals surface area contributed by atoms with Gasteiger partial charge in [0.2, 0.25) is 0 Å². The fourth-order valence-electron chi connectivity index (χ4n) is 2.68. The molecule has 1 aromatic heterocycles. The van der Waals surface area contributed by atoms with Crippen molar-refractivity contribution in [2.24, 2.45) is 0 Å². The first-order valence-corrected chi connectivity index (χ1v) is 9.22. The van der Waals surface area contributed by atoms with Crippen LogP contribution in [-0.2, 0) is 9.84 Å². The molecule has 5 heteroatoms. The molecule has 0 aliphatic carbocycles. The Morgan fingerprint density at radius 2 is 2.05 bits per heavy atom. The number of hydrogen-bond donors (Lipinski definition) is 1. The highest BCUT2D eigenvalue weighted by Gasteiger charge is 2.30. The lowest BCUT2D eigenvalue weighted by Crippen LogP contribution is -2.31. The van der Waals surface area contributed by atoms with Gasteiger partial charge in [0, 0.05) is 17.0 Å². The van der Waals surface area contributed by atoms with E-state index in [-0.39, 0.29) is 17.8 Å². The zero-order valence-corrected chi connectivity index (χ0v) is 12.9. The van der Waals surface area contributed by atoms with E-state index in [0.29, 0.717) is 11.3 Å². The van der Waals surface area contributed by atoms with Gasteiger partial charge in [-0.3, -0.25) is 0 Å². The van der Waals surface area contributed by atoms with Gasteiger partial charge in [-0.05, 0) is 36.4 Å². The lowest BCUT2D eigenvalue weighted by Gasteiger charge is -2.28. The van der Waals surface area contributed by atoms with E-state index in [2.05, 4.69) is 23.7 Å². The van der Waals surface area contributed by atoms with Crippen molar-refractivity contribution >= 4 is 21.2 Å². The summed E-state index contributed by atoms with van der Waals surface area (Å²) in [5, 5.41) is 5.62. The van der Waals surface area contributed by atoms with Crippen LogP contribution in [0.2, 0.25) is 0 Å². The Balaban J connectivity index is 1.89. The van der Waals surface area contributed by atoms with Gasteiger partial charge in [-0.25, -0.2) is 8.42 Å². The first kappa shape index (κ1) is 13.8. The van der Waals surface area contributed by atoms with Crippen LogP contribution in [0.25, 0.3) is 0 Å². The fraction of sp³-hybridized carbons (Fsp3) is 0.333. The Bertz CT molecular complexity index is 692. The Labute approximate surface area is 123 Å². The molecule has 0 saturated carbocycles. The Morgan fingerprint density at radius 1 is 1.25 bits per heavy atom. The van der Waals surface area contributed by atoms with E-state index in [9.17, 15) is 8.42 Å². The van der Waals surface area contributed by atoms with Crippen molar-refractivity contribution in [3.8, 4) is 0 Å². The molecule has 1 aromatic carbocycles. The van der Waals surface area contributed by atoms with E-state index in [4.69, 9.17) is 0 Å². The van der Waals surface area contributed by atoms with Crippen LogP contribution in [0.5, 0.6) is 0 Å². The van der Waals surface area contributed by atoms with Crippen LogP contribution in [0, 0.1) is 0 Å². The lowest BCUT2D eigenvalue weighted by molar-refractivity contribution is 0.445. The average Bonchev–Trinajstić information content (AvgIpc) is 2.96. The number of thiophene rings is 1. The summed E-state index contributed by atoms with van der Waals surface area (Å²) in [6, 6.07) is 11.8. The van der Waals surface area contributed by atoms with Crippen LogP contribution >= 0.6 is 11.3 Å². The molecule has 2 unspecified atom stereocenters. The molecule has 2 atom stereocenters. The second-order valence-corrected chi connectivity index (χ2v) is 8.16. The molecule has 0 radical (unpaired) electrons. The molecule has 0 amide bonds. The van der Waals surface area contributed by atoms with Crippen LogP contribution in [0.1, 0.15) is 35.9 Å². The number of fused-ring (bicyclic) bond motifs is 1. The molecule has 1 aliphatic rings. The molecule has 0 spiro atoms. The highest BCUT2D eigenvalue weighted by atomic mass is 32.2. The molecule has 0 fully saturated rings. The van der Waals surface area contributed by atoms with Crippen molar-refractivity contribution in [1.82, 2.24) is 5.32 Å². The molecule has 0 saturated heterocycles. The maximum absolute atomic E-state index is 12.1. The summed E-state index contributed by atoms with van der Waals surface area (Å²) in [5.74, 6) is 0.221. The first-order valence-electron chi connectivity index (χ1n) is 6.69. The number of sulfone groups is 1. The summed E-state index contributed by atoms with van der Waals surface area (Å²) in [4.78, 5) is 1.76. The standard InChI is InChI=1S/C15H17NO2S2/c1-11(14-6-4-9-19-14)16-13-8-10-20(17,18)15-7-3-2-5-12(13)15/h2-7,9,11,13,16H,8,10H2,1H3. The van der Waals surface area contributed by atoms with E-state index in [1.165, 1.54) is 4.88 Å². The third-order valence-electron chi connectivity index (χ3n) is 3.73. The molecule has 1 aliphatic heterocycles. The number of hydrogen-bond acceptors (Lipinski definition) is 4. The normalized spacial score (nSPS) is 22.1. The van der Waals surface area contributed by atoms with Crippen molar-refractivity contribution in [2.75, 3.05) is 5.75 Å². The van der Waals surface area contributed by atoms with Crippen LogP contribution in [-0.4, -0.2) is 14.2 Å². The van der Waals surface area contributed by atoms with E-state index >= 15 is 0 Å². The summed E-state index contributed by atoms with van der Waals surface area (Å²) < 4.78 is 24.2. The van der Waals surface area contributed by atoms with Gasteiger partial charge in [-0.2, -0.15) is 0 Å². The van der Waals surface area contributed by atoms with E-state index in [1.54, 1.807) is 23.5 Å². The van der Waals surface area contributed by atoms with Gasteiger partial charge in [-0.1, -0.05) is 24.3 Å². The van der Waals surface area contributed by atoms with Crippen molar-refractivity contribution in [1.29, 1.82) is 0 Å². The van der Waals surface area contributed by atoms with Crippen LogP contribution in [0.4, 0.5) is 0 Å². The van der Waals surface area contributed by atoms with Crippen LogP contribution < -0.4 is 5.32 Å². The van der Waals surface area contributed by atoms with Gasteiger partial charge in [0.15, 0.2) is 9.84 Å². The lowest BCUT2D eigenvalue weighted by atomic mass is 10.0. The molecule has 0 bridgehead atoms. The quantitative estimate of drug-likeness (QED) is 0.946. The predicted molar refractivity (Wildman–Crippen MR) is 81.7 cm³/mol. The van der Waals surface area contributed by atoms with Gasteiger partial charge in [0.05, 0.1) is 10.6 Å². The second-order valence-electron chi connectivity index (χ2n) is 5.10. The largest absolute Gasteiger partial charge is 0.303 e. The fourth-order valence-corrected chi connectivity index (χ4v) is 5.05. The predicted octanol–water partition coefficient (Wildman–Crippen LogP) is 3.32. The average molecular weight is 307 g/mol. The second kappa shape index (κ2) is 5.31. The zero-order valence-electron chi connectivity index (χ0n) is 11.2. The molecule has 2 heterocycles. The minimum atomic E-state index is -3.10. The number of benzene rings is 1. The Hall–Kier alpha value is -1.17. The first-order chi connectivity index (χ1) is 9.58. The van der Waals surface area contributed by atoms with Crippen LogP contribution in [0.3, 0.4) is 0 Å². The maximum Gasteiger partial charge on any atom is 0.178 e. The number of rotatable bonds is 3. The third-order valence-corrected chi connectivity index (χ3v) is 6.60. The minimum absolute atomic E-state index is 0.104. The summed E-state index contributed by atoms with van der Waals surface area (Å²) >= 11 is 1.72. The van der Waals surface area contributed by atoms with Crippen LogP contribution in [0.15, 0.2) is 46.7 Å². The molecule has 1 N–H and O–H groups in total. The number of nitrogens with one attached hydrogen (secondary N) is 1. The van der Waals surface area contributed by atoms with Gasteiger partial charge in [-0.15, -0.1) is 11.3 Å². The molecule has 106 valence electrons. The van der Waals surface area contributed by atoms with Crippen molar-refractivity contribution in [2.45, 2.75) is 30.3 Å². The molecule has 20 heavy (non-hydrogen) atoms. The topological polar surface area (TPSA) is 46.2 Å². The molecule has 3 nitrogen and oxygen atoms in total. The Morgan fingerprint density at radius 3 is 2.80 bits per heavy atom. The minimum Gasteiger partial charge on any atom is -0.303 e. The Kier molecular flexibility index (Phi) is 3.67. The van der Waals surface area contributed by atoms with E-state index in [0.717, 1.165) is 5.56 Å². The highest BCUT2D eigenvalue weighted by Crippen LogP contribution is 2.34. The third kappa shape index (κ3) is 2.53. The summed E-state index contributed by atoms with van der Waals surface area (Å²) in [6.45, 7) is 2.12. The summed E-state index contributed by atoms with van der Waals surface area (Å²) in [7, 11) is -3.10. The van der Waals surface area contributed by atoms with Crippen molar-refractivity contribution < 1.29 is 8.42 Å². The zero-order chi connectivity index (χ0) is 14.2. The van der Waals surface area contributed by atoms with E-state index in [1.807, 2.05) is 18.2 Å². The van der Waals surface area contributed by atoms with Gasteiger partial charge in [0.25, 0.3) is 0 Å². The van der Waals surface area contributed by atoms with Gasteiger partial charge < -0.3 is 5.32 Å². The van der Waals surface area contributed by atoms with E-state index < -0.39 is 9.84 Å². The molecular formula is C15H17NO2S2. The molecule has 2 aromatic rings. The summed E-state index contributed by atoms with van der Waals surface area (Å²) in [5.41, 5.74) is 0.905. The smallest absolute Gasteiger partial charge is 0.178 e. The maximum atomic E-state index is 12.1. The van der Waals surface area contributed by atoms with Crippen molar-refractivity contribution in [3.63, 3.8) is 0 Å². The highest BCUT2D eigenvalue weighted by molar-refractivity contribution is 7.91. The molecule has 3 rings (SSSR count). The summed E-state index contributed by atoms with van der Waals surface area (Å²) in [6.07, 6.45) is 0.634. The van der Waals surface area contributed by atoms with Gasteiger partial charge in [0.1, 0.15) is 0 Å². The monoisotopic (exact) mass is 307 g/mol. The SMILES string of the molecule is CC(NC1CCS(=O)(=O)c2ccccc21)c1cccs1.